The molecule has 2 heterocycles. The van der Waals surface area contributed by atoms with E-state index in [4.69, 9.17) is 0 Å². The molecule has 0 fully saturated rings. The summed E-state index contributed by atoms with van der Waals surface area (Å²) in [6, 6.07) is 11.5. The molecule has 0 bridgehead atoms. The zero-order valence-electron chi connectivity index (χ0n) is 17.2. The lowest BCUT2D eigenvalue weighted by molar-refractivity contribution is -0.137. The molecular formula is C22H18BrF3N2O2S2. The van der Waals surface area contributed by atoms with Gasteiger partial charge in [0.05, 0.1) is 15.0 Å². The third-order valence-corrected chi connectivity index (χ3v) is 8.64. The summed E-state index contributed by atoms with van der Waals surface area (Å²) in [7, 11) is -4.07. The zero-order chi connectivity index (χ0) is 23.8. The molecule has 0 amide bonds. The summed E-state index contributed by atoms with van der Waals surface area (Å²) in [6.07, 6.45) is -3.35. The molecule has 0 N–H and O–H groups in total. The highest BCUT2D eigenvalue weighted by Crippen LogP contribution is 2.38. The summed E-state index contributed by atoms with van der Waals surface area (Å²) in [5.74, 6) is -0.160. The van der Waals surface area contributed by atoms with Crippen LogP contribution in [0, 0.1) is 18.3 Å². The van der Waals surface area contributed by atoms with Gasteiger partial charge in [-0.3, -0.25) is 0 Å². The third-order valence-electron chi connectivity index (χ3n) is 4.86. The second kappa shape index (κ2) is 8.89. The Balaban J connectivity index is 2.25. The Labute approximate surface area is 196 Å². The van der Waals surface area contributed by atoms with Gasteiger partial charge in [0.15, 0.2) is 4.91 Å². The summed E-state index contributed by atoms with van der Waals surface area (Å²) in [6.45, 7) is 5.27. The highest BCUT2D eigenvalue weighted by Gasteiger charge is 2.34. The summed E-state index contributed by atoms with van der Waals surface area (Å²) in [4.78, 5) is -0.480. The van der Waals surface area contributed by atoms with E-state index < -0.39 is 26.5 Å². The van der Waals surface area contributed by atoms with E-state index in [0.29, 0.717) is 20.7 Å². The second-order valence-corrected chi connectivity index (χ2v) is 11.9. The molecule has 3 aromatic rings. The van der Waals surface area contributed by atoms with E-state index in [-0.39, 0.29) is 15.8 Å². The van der Waals surface area contributed by atoms with Gasteiger partial charge in [-0.05, 0) is 70.7 Å². The average molecular weight is 543 g/mol. The smallest absolute Gasteiger partial charge is 0.317 e. The van der Waals surface area contributed by atoms with Crippen LogP contribution in [0.15, 0.2) is 55.4 Å². The fraction of sp³-hybridized carbons (Fsp3) is 0.227. The average Bonchev–Trinajstić information content (AvgIpc) is 3.29. The molecule has 1 aromatic carbocycles. The molecule has 0 saturated heterocycles. The van der Waals surface area contributed by atoms with E-state index in [9.17, 15) is 26.9 Å². The van der Waals surface area contributed by atoms with Crippen molar-refractivity contribution in [2.45, 2.75) is 37.1 Å². The standard InChI is InChI=1S/C22H18BrF3N2O2S2/c1-13(2)19-11-15(10-16(12-27)32(29,30)21-9-8-20(23)31-21)14(3)28(19)18-7-5-4-6-17(18)22(24,25)26/h4-11,13H,1-3H3/b16-10+. The molecule has 0 atom stereocenters. The summed E-state index contributed by atoms with van der Waals surface area (Å²) >= 11 is 4.18. The van der Waals surface area contributed by atoms with E-state index in [1.807, 2.05) is 13.8 Å². The van der Waals surface area contributed by atoms with Crippen LogP contribution in [-0.2, 0) is 16.0 Å². The molecule has 0 saturated carbocycles. The summed E-state index contributed by atoms with van der Waals surface area (Å²) in [5.41, 5.74) is 0.484. The molecule has 168 valence electrons. The van der Waals surface area contributed by atoms with Gasteiger partial charge in [-0.25, -0.2) is 8.42 Å². The van der Waals surface area contributed by atoms with Crippen molar-refractivity contribution in [1.82, 2.24) is 4.57 Å². The van der Waals surface area contributed by atoms with Crippen LogP contribution in [-0.4, -0.2) is 13.0 Å². The number of hydrogen-bond donors (Lipinski definition) is 0. The maximum Gasteiger partial charge on any atom is 0.418 e. The number of halogens is 4. The minimum absolute atomic E-state index is 0.000704. The number of aromatic nitrogens is 1. The molecule has 3 rings (SSSR count). The Morgan fingerprint density at radius 1 is 1.22 bits per heavy atom. The number of benzene rings is 1. The number of rotatable bonds is 5. The van der Waals surface area contributed by atoms with Crippen molar-refractivity contribution >= 4 is 43.2 Å². The first-order valence-electron chi connectivity index (χ1n) is 9.39. The van der Waals surface area contributed by atoms with Crippen LogP contribution in [0.4, 0.5) is 13.2 Å². The first-order valence-corrected chi connectivity index (χ1v) is 12.5. The van der Waals surface area contributed by atoms with Crippen LogP contribution in [0.3, 0.4) is 0 Å². The number of nitriles is 1. The van der Waals surface area contributed by atoms with Gasteiger partial charge in [-0.2, -0.15) is 18.4 Å². The van der Waals surface area contributed by atoms with Gasteiger partial charge in [0.2, 0.25) is 9.84 Å². The van der Waals surface area contributed by atoms with E-state index in [1.165, 1.54) is 34.9 Å². The minimum Gasteiger partial charge on any atom is -0.317 e. The highest BCUT2D eigenvalue weighted by molar-refractivity contribution is 9.11. The van der Waals surface area contributed by atoms with E-state index >= 15 is 0 Å². The van der Waals surface area contributed by atoms with Crippen molar-refractivity contribution < 1.29 is 21.6 Å². The van der Waals surface area contributed by atoms with E-state index in [2.05, 4.69) is 15.9 Å². The Bertz CT molecular complexity index is 1340. The maximum absolute atomic E-state index is 13.7. The van der Waals surface area contributed by atoms with Gasteiger partial charge in [0, 0.05) is 11.4 Å². The van der Waals surface area contributed by atoms with Crippen molar-refractivity contribution in [3.63, 3.8) is 0 Å². The molecule has 0 aliphatic carbocycles. The molecule has 0 aliphatic heterocycles. The Morgan fingerprint density at radius 3 is 2.41 bits per heavy atom. The lowest BCUT2D eigenvalue weighted by Gasteiger charge is -2.19. The lowest BCUT2D eigenvalue weighted by Crippen LogP contribution is -2.13. The van der Waals surface area contributed by atoms with Crippen LogP contribution in [0.25, 0.3) is 11.8 Å². The monoisotopic (exact) mass is 542 g/mol. The molecule has 2 aromatic heterocycles. The van der Waals surface area contributed by atoms with E-state index in [0.717, 1.165) is 17.4 Å². The Kier molecular flexibility index (Phi) is 6.75. The maximum atomic E-state index is 13.7. The van der Waals surface area contributed by atoms with Crippen molar-refractivity contribution in [2.24, 2.45) is 0 Å². The molecule has 4 nitrogen and oxygen atoms in total. The molecule has 0 spiro atoms. The van der Waals surface area contributed by atoms with E-state index in [1.54, 1.807) is 25.1 Å². The van der Waals surface area contributed by atoms with Crippen LogP contribution in [0.5, 0.6) is 0 Å². The number of hydrogen-bond acceptors (Lipinski definition) is 4. The fourth-order valence-corrected chi connectivity index (χ4v) is 6.60. The first-order chi connectivity index (χ1) is 14.9. The first kappa shape index (κ1) is 24.3. The van der Waals surface area contributed by atoms with Gasteiger partial charge in [0.1, 0.15) is 10.3 Å². The number of para-hydroxylation sites is 1. The predicted molar refractivity (Wildman–Crippen MR) is 122 cm³/mol. The largest absolute Gasteiger partial charge is 0.418 e. The lowest BCUT2D eigenvalue weighted by atomic mass is 10.1. The SMILES string of the molecule is Cc1c(/C=C(\C#N)S(=O)(=O)c2ccc(Br)s2)cc(C(C)C)n1-c1ccccc1C(F)(F)F. The number of thiophene rings is 1. The van der Waals surface area contributed by atoms with Gasteiger partial charge >= 0.3 is 6.18 Å². The number of allylic oxidation sites excluding steroid dienone is 1. The summed E-state index contributed by atoms with van der Waals surface area (Å²) < 4.78 is 68.9. The predicted octanol–water partition coefficient (Wildman–Crippen LogP) is 7.09. The van der Waals surface area contributed by atoms with Crippen LogP contribution in [0.2, 0.25) is 0 Å². The molecule has 0 radical (unpaired) electrons. The Morgan fingerprint density at radius 2 is 1.88 bits per heavy atom. The molecular weight excluding hydrogens is 525 g/mol. The van der Waals surface area contributed by atoms with Gasteiger partial charge in [0.25, 0.3) is 0 Å². The van der Waals surface area contributed by atoms with Crippen LogP contribution in [0.1, 0.15) is 42.3 Å². The quantitative estimate of drug-likeness (QED) is 0.323. The van der Waals surface area contributed by atoms with Gasteiger partial charge < -0.3 is 4.57 Å². The minimum atomic E-state index is -4.56. The molecule has 0 unspecified atom stereocenters. The van der Waals surface area contributed by atoms with Crippen molar-refractivity contribution in [3.05, 3.63) is 73.7 Å². The van der Waals surface area contributed by atoms with Crippen molar-refractivity contribution in [2.75, 3.05) is 0 Å². The zero-order valence-corrected chi connectivity index (χ0v) is 20.5. The Hall–Kier alpha value is -2.35. The molecule has 0 aliphatic rings. The number of sulfone groups is 1. The number of nitrogens with zero attached hydrogens (tertiary/aromatic N) is 2. The fourth-order valence-electron chi connectivity index (χ4n) is 3.31. The second-order valence-electron chi connectivity index (χ2n) is 7.30. The summed E-state index contributed by atoms with van der Waals surface area (Å²) in [5, 5.41) is 9.57. The van der Waals surface area contributed by atoms with Crippen LogP contribution < -0.4 is 0 Å². The van der Waals surface area contributed by atoms with Crippen molar-refractivity contribution in [1.29, 1.82) is 5.26 Å². The van der Waals surface area contributed by atoms with Gasteiger partial charge in [-0.15, -0.1) is 11.3 Å². The van der Waals surface area contributed by atoms with Gasteiger partial charge in [-0.1, -0.05) is 26.0 Å². The topological polar surface area (TPSA) is 62.9 Å². The normalized spacial score (nSPS) is 12.9. The third kappa shape index (κ3) is 4.56. The van der Waals surface area contributed by atoms with Crippen LogP contribution >= 0.6 is 27.3 Å². The van der Waals surface area contributed by atoms with Crippen molar-refractivity contribution in [3.8, 4) is 11.8 Å². The number of alkyl halides is 3. The highest BCUT2D eigenvalue weighted by atomic mass is 79.9. The molecule has 32 heavy (non-hydrogen) atoms. The molecule has 10 heteroatoms.